The van der Waals surface area contributed by atoms with Crippen molar-refractivity contribution in [2.24, 2.45) is 0 Å². The molecule has 4 N–H and O–H groups in total. The van der Waals surface area contributed by atoms with Gasteiger partial charge in [0.1, 0.15) is 11.5 Å². The van der Waals surface area contributed by atoms with E-state index in [4.69, 9.17) is 0 Å². The van der Waals surface area contributed by atoms with Gasteiger partial charge in [0.05, 0.1) is 0 Å². The SMILES string of the molecule is O.O=C(O)c1[nH]nc(-c2ccc(F)cc2)c1-c1ccncc1. The van der Waals surface area contributed by atoms with Gasteiger partial charge in [0.15, 0.2) is 5.69 Å². The molecule has 0 fully saturated rings. The Hall–Kier alpha value is -3.06. The van der Waals surface area contributed by atoms with E-state index in [9.17, 15) is 14.3 Å². The normalized spacial score (nSPS) is 10.0. The molecule has 0 unspecified atom stereocenters. The van der Waals surface area contributed by atoms with Crippen molar-refractivity contribution < 1.29 is 19.8 Å². The highest BCUT2D eigenvalue weighted by Crippen LogP contribution is 2.32. The Balaban J connectivity index is 0.00000176. The third-order valence-electron chi connectivity index (χ3n) is 3.07. The van der Waals surface area contributed by atoms with Gasteiger partial charge in [-0.3, -0.25) is 10.1 Å². The molecule has 3 aromatic rings. The number of H-pyrrole nitrogens is 1. The molecule has 0 saturated heterocycles. The number of carboxylic acid groups (broad SMARTS) is 1. The molecule has 7 heteroatoms. The van der Waals surface area contributed by atoms with Gasteiger partial charge in [0.2, 0.25) is 0 Å². The number of aromatic nitrogens is 3. The zero-order chi connectivity index (χ0) is 14.8. The fourth-order valence-corrected chi connectivity index (χ4v) is 2.11. The van der Waals surface area contributed by atoms with Crippen molar-refractivity contribution in [1.29, 1.82) is 0 Å². The maximum atomic E-state index is 13.0. The Morgan fingerprint density at radius 2 is 1.68 bits per heavy atom. The molecule has 0 saturated carbocycles. The highest BCUT2D eigenvalue weighted by Gasteiger charge is 2.21. The van der Waals surface area contributed by atoms with E-state index in [-0.39, 0.29) is 17.0 Å². The molecular weight excluding hydrogens is 289 g/mol. The van der Waals surface area contributed by atoms with Crippen molar-refractivity contribution in [3.63, 3.8) is 0 Å². The highest BCUT2D eigenvalue weighted by atomic mass is 19.1. The monoisotopic (exact) mass is 301 g/mol. The molecule has 0 aliphatic rings. The first-order valence-corrected chi connectivity index (χ1v) is 6.15. The van der Waals surface area contributed by atoms with Crippen LogP contribution < -0.4 is 0 Å². The molecule has 2 aromatic heterocycles. The zero-order valence-corrected chi connectivity index (χ0v) is 11.2. The molecule has 0 bridgehead atoms. The van der Waals surface area contributed by atoms with E-state index in [2.05, 4.69) is 15.2 Å². The topological polar surface area (TPSA) is 110 Å². The van der Waals surface area contributed by atoms with Crippen LogP contribution >= 0.6 is 0 Å². The van der Waals surface area contributed by atoms with E-state index in [1.54, 1.807) is 36.7 Å². The predicted octanol–water partition coefficient (Wildman–Crippen LogP) is 2.15. The van der Waals surface area contributed by atoms with Crippen molar-refractivity contribution in [3.8, 4) is 22.4 Å². The second-order valence-corrected chi connectivity index (χ2v) is 4.37. The number of benzene rings is 1. The fraction of sp³-hybridized carbons (Fsp3) is 0. The Labute approximate surface area is 124 Å². The number of hydrogen-bond acceptors (Lipinski definition) is 3. The fourth-order valence-electron chi connectivity index (χ4n) is 2.11. The first-order chi connectivity index (χ1) is 10.2. The molecule has 0 atom stereocenters. The van der Waals surface area contributed by atoms with Crippen molar-refractivity contribution in [3.05, 3.63) is 60.3 Å². The minimum Gasteiger partial charge on any atom is -0.477 e. The van der Waals surface area contributed by atoms with Crippen LogP contribution in [0.15, 0.2) is 48.8 Å². The lowest BCUT2D eigenvalue weighted by Crippen LogP contribution is -1.99. The summed E-state index contributed by atoms with van der Waals surface area (Å²) in [6.07, 6.45) is 3.14. The maximum absolute atomic E-state index is 13.0. The number of nitrogens with one attached hydrogen (secondary N) is 1. The van der Waals surface area contributed by atoms with E-state index < -0.39 is 5.97 Å². The van der Waals surface area contributed by atoms with Gasteiger partial charge in [0, 0.05) is 23.5 Å². The molecule has 0 spiro atoms. The summed E-state index contributed by atoms with van der Waals surface area (Å²) in [5.41, 5.74) is 2.21. The number of carbonyl (C=O) groups is 1. The number of halogens is 1. The molecule has 22 heavy (non-hydrogen) atoms. The Morgan fingerprint density at radius 1 is 1.05 bits per heavy atom. The molecule has 0 amide bonds. The van der Waals surface area contributed by atoms with Crippen LogP contribution in [0.4, 0.5) is 4.39 Å². The molecule has 112 valence electrons. The average molecular weight is 301 g/mol. The Bertz CT molecular complexity index is 786. The molecule has 0 aliphatic heterocycles. The molecule has 0 aliphatic carbocycles. The largest absolute Gasteiger partial charge is 0.477 e. The molecule has 2 heterocycles. The average Bonchev–Trinajstić information content (AvgIpc) is 2.94. The predicted molar refractivity (Wildman–Crippen MR) is 77.8 cm³/mol. The summed E-state index contributed by atoms with van der Waals surface area (Å²) in [4.78, 5) is 15.3. The second-order valence-electron chi connectivity index (χ2n) is 4.37. The van der Waals surface area contributed by atoms with Gasteiger partial charge in [0.25, 0.3) is 0 Å². The van der Waals surface area contributed by atoms with Crippen LogP contribution in [0, 0.1) is 5.82 Å². The van der Waals surface area contributed by atoms with Crippen LogP contribution in [-0.2, 0) is 0 Å². The summed E-state index contributed by atoms with van der Waals surface area (Å²) >= 11 is 0. The first-order valence-electron chi connectivity index (χ1n) is 6.15. The van der Waals surface area contributed by atoms with E-state index >= 15 is 0 Å². The number of rotatable bonds is 3. The van der Waals surface area contributed by atoms with Gasteiger partial charge in [-0.05, 0) is 42.0 Å². The van der Waals surface area contributed by atoms with Gasteiger partial charge in [-0.15, -0.1) is 0 Å². The zero-order valence-electron chi connectivity index (χ0n) is 11.2. The highest BCUT2D eigenvalue weighted by molar-refractivity contribution is 5.98. The lowest BCUT2D eigenvalue weighted by molar-refractivity contribution is 0.0691. The summed E-state index contributed by atoms with van der Waals surface area (Å²) in [6.45, 7) is 0. The van der Waals surface area contributed by atoms with Crippen molar-refractivity contribution in [1.82, 2.24) is 15.2 Å². The number of aromatic carboxylic acids is 1. The summed E-state index contributed by atoms with van der Waals surface area (Å²) < 4.78 is 13.0. The smallest absolute Gasteiger partial charge is 0.354 e. The first kappa shape index (κ1) is 15.3. The maximum Gasteiger partial charge on any atom is 0.354 e. The van der Waals surface area contributed by atoms with Gasteiger partial charge in [-0.2, -0.15) is 5.10 Å². The van der Waals surface area contributed by atoms with Gasteiger partial charge in [-0.25, -0.2) is 9.18 Å². The van der Waals surface area contributed by atoms with Crippen LogP contribution in [0.5, 0.6) is 0 Å². The lowest BCUT2D eigenvalue weighted by atomic mass is 10.00. The van der Waals surface area contributed by atoms with Crippen LogP contribution in [-0.4, -0.2) is 31.7 Å². The van der Waals surface area contributed by atoms with Crippen molar-refractivity contribution >= 4 is 5.97 Å². The molecule has 1 aromatic carbocycles. The lowest BCUT2D eigenvalue weighted by Gasteiger charge is -2.04. The Kier molecular flexibility index (Phi) is 4.28. The van der Waals surface area contributed by atoms with Gasteiger partial charge in [-0.1, -0.05) is 0 Å². The quantitative estimate of drug-likeness (QED) is 0.772. The number of carboxylic acids is 1. The number of nitrogens with zero attached hydrogens (tertiary/aromatic N) is 2. The van der Waals surface area contributed by atoms with Gasteiger partial charge < -0.3 is 10.6 Å². The summed E-state index contributed by atoms with van der Waals surface area (Å²) in [6, 6.07) is 9.12. The number of pyridine rings is 1. The molecule has 3 rings (SSSR count). The molecular formula is C15H12FN3O3. The minimum atomic E-state index is -1.11. The van der Waals surface area contributed by atoms with Crippen LogP contribution in [0.2, 0.25) is 0 Å². The second kappa shape index (κ2) is 6.15. The standard InChI is InChI=1S/C15H10FN3O2.H2O/c16-11-3-1-10(2-4-11)13-12(9-5-7-17-8-6-9)14(15(20)21)19-18-13;/h1-8H,(H,18,19)(H,20,21);1H2. The third kappa shape index (κ3) is 2.70. The summed E-state index contributed by atoms with van der Waals surface area (Å²) in [7, 11) is 0. The van der Waals surface area contributed by atoms with Crippen LogP contribution in [0.3, 0.4) is 0 Å². The minimum absolute atomic E-state index is 0. The van der Waals surface area contributed by atoms with Crippen LogP contribution in [0.1, 0.15) is 10.5 Å². The number of aromatic amines is 1. The van der Waals surface area contributed by atoms with Crippen molar-refractivity contribution in [2.75, 3.05) is 0 Å². The summed E-state index contributed by atoms with van der Waals surface area (Å²) in [5.74, 6) is -1.47. The summed E-state index contributed by atoms with van der Waals surface area (Å²) in [5, 5.41) is 15.9. The van der Waals surface area contributed by atoms with E-state index in [0.717, 1.165) is 0 Å². The van der Waals surface area contributed by atoms with E-state index in [0.29, 0.717) is 22.4 Å². The van der Waals surface area contributed by atoms with Crippen molar-refractivity contribution in [2.45, 2.75) is 0 Å². The van der Waals surface area contributed by atoms with Gasteiger partial charge >= 0.3 is 5.97 Å². The molecule has 6 nitrogen and oxygen atoms in total. The molecule has 0 radical (unpaired) electrons. The van der Waals surface area contributed by atoms with Crippen LogP contribution in [0.25, 0.3) is 22.4 Å². The van der Waals surface area contributed by atoms with E-state index in [1.165, 1.54) is 12.1 Å². The Morgan fingerprint density at radius 3 is 2.27 bits per heavy atom. The van der Waals surface area contributed by atoms with E-state index in [1.807, 2.05) is 0 Å². The number of hydrogen-bond donors (Lipinski definition) is 2. The third-order valence-corrected chi connectivity index (χ3v) is 3.07.